The number of fused-ring (bicyclic) bond motifs is 1. The summed E-state index contributed by atoms with van der Waals surface area (Å²) in [6.07, 6.45) is 0. The van der Waals surface area contributed by atoms with Crippen LogP contribution < -0.4 is 9.64 Å². The van der Waals surface area contributed by atoms with Crippen molar-refractivity contribution in [2.75, 3.05) is 12.0 Å². The van der Waals surface area contributed by atoms with Gasteiger partial charge in [-0.1, -0.05) is 54.1 Å². The fraction of sp³-hybridized carbons (Fsp3) is 0.133. The monoisotopic (exact) mass is 497 g/mol. The fourth-order valence-electron chi connectivity index (χ4n) is 4.89. The third kappa shape index (κ3) is 3.82. The summed E-state index contributed by atoms with van der Waals surface area (Å²) in [5.74, 6) is -0.991. The summed E-state index contributed by atoms with van der Waals surface area (Å²) in [5, 5.41) is 14.0. The Morgan fingerprint density at radius 1 is 0.917 bits per heavy atom. The number of ketones is 1. The number of anilines is 1. The number of aryl methyl sites for hydroxylation is 2. The maximum absolute atomic E-state index is 13.6. The van der Waals surface area contributed by atoms with Crippen LogP contribution >= 0.6 is 11.6 Å². The smallest absolute Gasteiger partial charge is 0.300 e. The Labute approximate surface area is 214 Å². The van der Waals surface area contributed by atoms with Crippen LogP contribution in [0.2, 0.25) is 5.02 Å². The molecule has 0 radical (unpaired) electrons. The van der Waals surface area contributed by atoms with Gasteiger partial charge < -0.3 is 9.84 Å². The molecule has 0 bridgehead atoms. The number of carbonyl (C=O) groups is 2. The van der Waals surface area contributed by atoms with E-state index in [1.165, 1.54) is 4.90 Å². The molecule has 6 heteroatoms. The second-order valence-corrected chi connectivity index (χ2v) is 9.29. The highest BCUT2D eigenvalue weighted by Crippen LogP contribution is 2.45. The number of aliphatic hydroxyl groups is 1. The number of benzene rings is 4. The van der Waals surface area contributed by atoms with Gasteiger partial charge in [-0.3, -0.25) is 14.5 Å². The molecule has 0 saturated carbocycles. The first-order chi connectivity index (χ1) is 17.3. The van der Waals surface area contributed by atoms with Crippen molar-refractivity contribution in [2.45, 2.75) is 19.9 Å². The van der Waals surface area contributed by atoms with Gasteiger partial charge in [0.1, 0.15) is 11.5 Å². The molecule has 36 heavy (non-hydrogen) atoms. The molecular weight excluding hydrogens is 474 g/mol. The SMILES string of the molecule is COc1cc(C)c(/C(O)=C2\C(=O)C(=O)N(c3ccc(Cl)cc3)C2c2cccc3ccccc23)cc1C. The van der Waals surface area contributed by atoms with Gasteiger partial charge in [0, 0.05) is 16.3 Å². The van der Waals surface area contributed by atoms with E-state index in [0.29, 0.717) is 22.0 Å². The fourth-order valence-corrected chi connectivity index (χ4v) is 5.02. The number of halogens is 1. The molecule has 1 unspecified atom stereocenters. The van der Waals surface area contributed by atoms with E-state index in [0.717, 1.165) is 27.5 Å². The molecule has 1 heterocycles. The van der Waals surface area contributed by atoms with E-state index in [9.17, 15) is 14.7 Å². The van der Waals surface area contributed by atoms with Crippen molar-refractivity contribution in [1.29, 1.82) is 0 Å². The number of hydrogen-bond donors (Lipinski definition) is 1. The quantitative estimate of drug-likeness (QED) is 0.192. The lowest BCUT2D eigenvalue weighted by atomic mass is 9.90. The summed E-state index contributed by atoms with van der Waals surface area (Å²) < 4.78 is 5.41. The Kier molecular flexibility index (Phi) is 6.02. The molecule has 1 N–H and O–H groups in total. The second kappa shape index (κ2) is 9.17. The van der Waals surface area contributed by atoms with E-state index >= 15 is 0 Å². The molecule has 1 aliphatic rings. The van der Waals surface area contributed by atoms with Gasteiger partial charge in [0.05, 0.1) is 18.7 Å². The van der Waals surface area contributed by atoms with Gasteiger partial charge in [0.2, 0.25) is 0 Å². The average Bonchev–Trinajstić information content (AvgIpc) is 3.15. The molecule has 1 aliphatic heterocycles. The maximum Gasteiger partial charge on any atom is 0.300 e. The minimum absolute atomic E-state index is 0.0407. The lowest BCUT2D eigenvalue weighted by Crippen LogP contribution is -2.29. The number of ether oxygens (including phenoxy) is 1. The van der Waals surface area contributed by atoms with Crippen LogP contribution in [-0.2, 0) is 9.59 Å². The van der Waals surface area contributed by atoms with Gasteiger partial charge in [-0.25, -0.2) is 0 Å². The third-order valence-corrected chi connectivity index (χ3v) is 6.92. The van der Waals surface area contributed by atoms with Gasteiger partial charge >= 0.3 is 0 Å². The molecule has 1 fully saturated rings. The maximum atomic E-state index is 13.6. The molecule has 0 spiro atoms. The summed E-state index contributed by atoms with van der Waals surface area (Å²) in [4.78, 5) is 28.5. The molecule has 1 saturated heterocycles. The molecule has 1 amide bonds. The molecular formula is C30H24ClNO4. The van der Waals surface area contributed by atoms with Crippen molar-refractivity contribution in [2.24, 2.45) is 0 Å². The zero-order valence-electron chi connectivity index (χ0n) is 20.1. The largest absolute Gasteiger partial charge is 0.507 e. The zero-order valence-corrected chi connectivity index (χ0v) is 20.8. The first kappa shape index (κ1) is 23.6. The Morgan fingerprint density at radius 2 is 1.61 bits per heavy atom. The number of rotatable bonds is 4. The number of aliphatic hydroxyl groups excluding tert-OH is 1. The minimum atomic E-state index is -0.834. The highest BCUT2D eigenvalue weighted by molar-refractivity contribution is 6.52. The molecule has 5 rings (SSSR count). The summed E-state index contributed by atoms with van der Waals surface area (Å²) in [7, 11) is 1.58. The number of nitrogens with zero attached hydrogens (tertiary/aromatic N) is 1. The number of amides is 1. The van der Waals surface area contributed by atoms with Crippen molar-refractivity contribution in [3.05, 3.63) is 112 Å². The zero-order chi connectivity index (χ0) is 25.6. The lowest BCUT2D eigenvalue weighted by Gasteiger charge is -2.26. The predicted octanol–water partition coefficient (Wildman–Crippen LogP) is 6.74. The average molecular weight is 498 g/mol. The third-order valence-electron chi connectivity index (χ3n) is 6.66. The van der Waals surface area contributed by atoms with E-state index in [1.807, 2.05) is 62.4 Å². The van der Waals surface area contributed by atoms with Crippen molar-refractivity contribution < 1.29 is 19.4 Å². The van der Waals surface area contributed by atoms with Gasteiger partial charge in [0.25, 0.3) is 11.7 Å². The topological polar surface area (TPSA) is 66.8 Å². The van der Waals surface area contributed by atoms with E-state index in [-0.39, 0.29) is 11.3 Å². The summed E-state index contributed by atoms with van der Waals surface area (Å²) in [6, 6.07) is 23.0. The summed E-state index contributed by atoms with van der Waals surface area (Å²) in [5.41, 5.74) is 3.31. The van der Waals surface area contributed by atoms with E-state index in [4.69, 9.17) is 16.3 Å². The van der Waals surface area contributed by atoms with E-state index < -0.39 is 17.7 Å². The van der Waals surface area contributed by atoms with Crippen LogP contribution in [0.25, 0.3) is 16.5 Å². The lowest BCUT2D eigenvalue weighted by molar-refractivity contribution is -0.132. The Hall–Kier alpha value is -4.09. The van der Waals surface area contributed by atoms with Crippen LogP contribution in [0.3, 0.4) is 0 Å². The molecule has 4 aromatic carbocycles. The molecule has 5 nitrogen and oxygen atoms in total. The normalized spacial score (nSPS) is 17.1. The van der Waals surface area contributed by atoms with Crippen molar-refractivity contribution in [3.8, 4) is 5.75 Å². The summed E-state index contributed by atoms with van der Waals surface area (Å²) in [6.45, 7) is 3.70. The van der Waals surface area contributed by atoms with Crippen LogP contribution in [0.4, 0.5) is 5.69 Å². The Bertz CT molecular complexity index is 1550. The Morgan fingerprint density at radius 3 is 2.33 bits per heavy atom. The van der Waals surface area contributed by atoms with Crippen LogP contribution in [0, 0.1) is 13.8 Å². The number of hydrogen-bond acceptors (Lipinski definition) is 4. The highest BCUT2D eigenvalue weighted by atomic mass is 35.5. The van der Waals surface area contributed by atoms with Crippen LogP contribution in [-0.4, -0.2) is 23.9 Å². The standard InChI is InChI=1S/C30H24ClNO4/c1-17-16-25(36-3)18(2)15-24(17)28(33)26-27(23-10-6-8-19-7-4-5-9-22(19)23)32(30(35)29(26)34)21-13-11-20(31)12-14-21/h4-16,27,33H,1-3H3/b28-26+. The molecule has 0 aromatic heterocycles. The van der Waals surface area contributed by atoms with Gasteiger partial charge in [-0.15, -0.1) is 0 Å². The van der Waals surface area contributed by atoms with E-state index in [1.54, 1.807) is 37.4 Å². The molecule has 180 valence electrons. The minimum Gasteiger partial charge on any atom is -0.507 e. The first-order valence-corrected chi connectivity index (χ1v) is 11.9. The summed E-state index contributed by atoms with van der Waals surface area (Å²) >= 11 is 6.10. The Balaban J connectivity index is 1.81. The second-order valence-electron chi connectivity index (χ2n) is 8.85. The molecule has 1 atom stereocenters. The van der Waals surface area contributed by atoms with Gasteiger partial charge in [-0.2, -0.15) is 0 Å². The van der Waals surface area contributed by atoms with Gasteiger partial charge in [0.15, 0.2) is 0 Å². The predicted molar refractivity (Wildman–Crippen MR) is 143 cm³/mol. The first-order valence-electron chi connectivity index (χ1n) is 11.5. The van der Waals surface area contributed by atoms with Crippen LogP contribution in [0.1, 0.15) is 28.3 Å². The van der Waals surface area contributed by atoms with Crippen molar-refractivity contribution in [3.63, 3.8) is 0 Å². The van der Waals surface area contributed by atoms with Gasteiger partial charge in [-0.05, 0) is 77.7 Å². The highest BCUT2D eigenvalue weighted by Gasteiger charge is 2.47. The number of Topliss-reactive ketones (excluding diaryl/α,β-unsaturated/α-hetero) is 1. The van der Waals surface area contributed by atoms with Crippen LogP contribution in [0.5, 0.6) is 5.75 Å². The van der Waals surface area contributed by atoms with Crippen molar-refractivity contribution in [1.82, 2.24) is 0 Å². The molecule has 4 aromatic rings. The number of carbonyl (C=O) groups excluding carboxylic acids is 2. The van der Waals surface area contributed by atoms with Crippen molar-refractivity contribution >= 4 is 45.5 Å². The number of methoxy groups -OCH3 is 1. The van der Waals surface area contributed by atoms with E-state index in [2.05, 4.69) is 0 Å². The molecule has 0 aliphatic carbocycles. The van der Waals surface area contributed by atoms with Crippen LogP contribution in [0.15, 0.2) is 84.4 Å².